The summed E-state index contributed by atoms with van der Waals surface area (Å²) in [5, 5.41) is 10.1. The number of thioether (sulfide) groups is 1. The molecule has 0 bridgehead atoms. The van der Waals surface area contributed by atoms with Gasteiger partial charge < -0.3 is 9.88 Å². The van der Waals surface area contributed by atoms with Crippen LogP contribution in [-0.4, -0.2) is 15.6 Å². The molecule has 1 aromatic carbocycles. The minimum Gasteiger partial charge on any atom is -0.317 e. The van der Waals surface area contributed by atoms with Gasteiger partial charge in [0, 0.05) is 22.1 Å². The second kappa shape index (κ2) is 5.30. The fourth-order valence-electron chi connectivity index (χ4n) is 1.92. The molecular formula is C14H10BrN3OS. The van der Waals surface area contributed by atoms with Crippen molar-refractivity contribution in [2.45, 2.75) is 0 Å². The molecule has 0 saturated carbocycles. The van der Waals surface area contributed by atoms with Gasteiger partial charge in [-0.15, -0.1) is 0 Å². The highest BCUT2D eigenvalue weighted by Crippen LogP contribution is 2.26. The number of carbonyl (C=O) groups excluding carboxylic acids is 1. The molecule has 1 amide bonds. The van der Waals surface area contributed by atoms with E-state index in [-0.39, 0.29) is 11.1 Å². The molecule has 1 aliphatic heterocycles. The van der Waals surface area contributed by atoms with Crippen molar-refractivity contribution in [3.8, 4) is 5.69 Å². The van der Waals surface area contributed by atoms with Crippen molar-refractivity contribution >= 4 is 44.8 Å². The number of rotatable bonds is 2. The van der Waals surface area contributed by atoms with Crippen LogP contribution in [0.25, 0.3) is 11.8 Å². The second-order valence-electron chi connectivity index (χ2n) is 4.17. The Bertz CT molecular complexity index is 718. The van der Waals surface area contributed by atoms with Gasteiger partial charge in [-0.3, -0.25) is 10.2 Å². The van der Waals surface area contributed by atoms with Gasteiger partial charge in [0.2, 0.25) is 0 Å². The number of hydrogen-bond donors (Lipinski definition) is 2. The lowest BCUT2D eigenvalue weighted by Crippen LogP contribution is -2.18. The maximum absolute atomic E-state index is 11.6. The molecule has 6 heteroatoms. The van der Waals surface area contributed by atoms with Crippen molar-refractivity contribution in [2.75, 3.05) is 0 Å². The molecule has 3 rings (SSSR count). The van der Waals surface area contributed by atoms with Crippen LogP contribution in [0.15, 0.2) is 52.0 Å². The third-order valence-corrected chi connectivity index (χ3v) is 4.18. The first-order valence-electron chi connectivity index (χ1n) is 5.86. The highest BCUT2D eigenvalue weighted by molar-refractivity contribution is 9.10. The zero-order chi connectivity index (χ0) is 14.1. The molecule has 0 aliphatic carbocycles. The fraction of sp³-hybridized carbons (Fsp3) is 0. The molecule has 0 unspecified atom stereocenters. The Morgan fingerprint density at radius 3 is 2.65 bits per heavy atom. The van der Waals surface area contributed by atoms with Crippen LogP contribution >= 0.6 is 27.7 Å². The summed E-state index contributed by atoms with van der Waals surface area (Å²) in [7, 11) is 0. The first-order valence-corrected chi connectivity index (χ1v) is 7.47. The van der Waals surface area contributed by atoms with Crippen molar-refractivity contribution in [3.63, 3.8) is 0 Å². The maximum Gasteiger partial charge on any atom is 0.264 e. The average molecular weight is 348 g/mol. The number of carbonyl (C=O) groups is 1. The summed E-state index contributed by atoms with van der Waals surface area (Å²) in [5.41, 5.74) is 1.92. The third-order valence-electron chi connectivity index (χ3n) is 2.83. The van der Waals surface area contributed by atoms with Crippen molar-refractivity contribution in [1.29, 1.82) is 5.41 Å². The van der Waals surface area contributed by atoms with Gasteiger partial charge in [0.15, 0.2) is 5.17 Å². The van der Waals surface area contributed by atoms with E-state index in [1.807, 2.05) is 47.2 Å². The molecular weight excluding hydrogens is 338 g/mol. The standard InChI is InChI=1S/C14H10BrN3OS/c15-9-3-5-10(6-4-9)18-7-1-2-11(18)8-12-13(19)17-14(16)20-12/h1-8H,(H2,16,17,19). The van der Waals surface area contributed by atoms with E-state index in [9.17, 15) is 4.79 Å². The minimum absolute atomic E-state index is 0.169. The number of aromatic nitrogens is 1. The van der Waals surface area contributed by atoms with E-state index in [1.165, 1.54) is 0 Å². The van der Waals surface area contributed by atoms with Gasteiger partial charge in [0.25, 0.3) is 5.91 Å². The second-order valence-corrected chi connectivity index (χ2v) is 6.14. The monoisotopic (exact) mass is 347 g/mol. The topological polar surface area (TPSA) is 57.9 Å². The van der Waals surface area contributed by atoms with Crippen LogP contribution in [0, 0.1) is 5.41 Å². The molecule has 0 atom stereocenters. The van der Waals surface area contributed by atoms with Gasteiger partial charge in [0.1, 0.15) is 0 Å². The normalized spacial score (nSPS) is 16.8. The highest BCUT2D eigenvalue weighted by atomic mass is 79.9. The molecule has 2 aromatic rings. The molecule has 1 saturated heterocycles. The summed E-state index contributed by atoms with van der Waals surface area (Å²) in [5.74, 6) is -0.219. The third kappa shape index (κ3) is 2.57. The Hall–Kier alpha value is -1.79. The van der Waals surface area contributed by atoms with E-state index in [0.717, 1.165) is 27.6 Å². The van der Waals surface area contributed by atoms with E-state index in [4.69, 9.17) is 5.41 Å². The van der Waals surface area contributed by atoms with Gasteiger partial charge in [0.05, 0.1) is 4.91 Å². The molecule has 2 heterocycles. The van der Waals surface area contributed by atoms with Crippen molar-refractivity contribution in [2.24, 2.45) is 0 Å². The quantitative estimate of drug-likeness (QED) is 0.818. The predicted molar refractivity (Wildman–Crippen MR) is 84.9 cm³/mol. The molecule has 1 fully saturated rings. The summed E-state index contributed by atoms with van der Waals surface area (Å²) in [6.45, 7) is 0. The molecule has 0 radical (unpaired) electrons. The van der Waals surface area contributed by atoms with Crippen molar-refractivity contribution < 1.29 is 4.79 Å². The lowest BCUT2D eigenvalue weighted by Gasteiger charge is -2.06. The van der Waals surface area contributed by atoms with Crippen LogP contribution in [0.4, 0.5) is 0 Å². The molecule has 1 aliphatic rings. The summed E-state index contributed by atoms with van der Waals surface area (Å²) < 4.78 is 3.02. The Morgan fingerprint density at radius 1 is 1.25 bits per heavy atom. The molecule has 4 nitrogen and oxygen atoms in total. The minimum atomic E-state index is -0.219. The van der Waals surface area contributed by atoms with Crippen LogP contribution in [0.1, 0.15) is 5.69 Å². The van der Waals surface area contributed by atoms with Crippen LogP contribution < -0.4 is 5.32 Å². The first-order chi connectivity index (χ1) is 9.63. The Morgan fingerprint density at radius 2 is 2.00 bits per heavy atom. The average Bonchev–Trinajstić information content (AvgIpc) is 2.98. The van der Waals surface area contributed by atoms with E-state index in [1.54, 1.807) is 6.08 Å². The van der Waals surface area contributed by atoms with Crippen LogP contribution in [0.5, 0.6) is 0 Å². The number of amides is 1. The number of nitrogens with one attached hydrogen (secondary N) is 2. The smallest absolute Gasteiger partial charge is 0.264 e. The summed E-state index contributed by atoms with van der Waals surface area (Å²) in [6, 6.07) is 11.8. The van der Waals surface area contributed by atoms with Crippen LogP contribution in [-0.2, 0) is 4.79 Å². The predicted octanol–water partition coefficient (Wildman–Crippen LogP) is 3.38. The Balaban J connectivity index is 1.99. The summed E-state index contributed by atoms with van der Waals surface area (Å²) >= 11 is 4.55. The van der Waals surface area contributed by atoms with E-state index >= 15 is 0 Å². The van der Waals surface area contributed by atoms with E-state index in [2.05, 4.69) is 21.2 Å². The largest absolute Gasteiger partial charge is 0.317 e. The highest BCUT2D eigenvalue weighted by Gasteiger charge is 2.22. The number of hydrogen-bond acceptors (Lipinski definition) is 3. The number of nitrogens with zero attached hydrogens (tertiary/aromatic N) is 1. The van der Waals surface area contributed by atoms with Crippen molar-refractivity contribution in [3.05, 3.63) is 57.7 Å². The molecule has 0 spiro atoms. The van der Waals surface area contributed by atoms with Crippen LogP contribution in [0.2, 0.25) is 0 Å². The SMILES string of the molecule is N=C1NC(=O)C(=Cc2cccn2-c2ccc(Br)cc2)S1. The van der Waals surface area contributed by atoms with Gasteiger partial charge in [-0.05, 0) is 54.2 Å². The molecule has 2 N–H and O–H groups in total. The lowest BCUT2D eigenvalue weighted by atomic mass is 10.3. The van der Waals surface area contributed by atoms with Gasteiger partial charge in [-0.2, -0.15) is 0 Å². The first kappa shape index (κ1) is 13.2. The van der Waals surface area contributed by atoms with Gasteiger partial charge in [-0.25, -0.2) is 0 Å². The van der Waals surface area contributed by atoms with Crippen LogP contribution in [0.3, 0.4) is 0 Å². The molecule has 1 aromatic heterocycles. The van der Waals surface area contributed by atoms with E-state index in [0.29, 0.717) is 4.91 Å². The molecule has 100 valence electrons. The Labute approximate surface area is 128 Å². The zero-order valence-corrected chi connectivity index (χ0v) is 12.7. The molecule has 20 heavy (non-hydrogen) atoms. The fourth-order valence-corrected chi connectivity index (χ4v) is 2.88. The number of amidine groups is 1. The number of halogens is 1. The number of benzene rings is 1. The van der Waals surface area contributed by atoms with Gasteiger partial charge >= 0.3 is 0 Å². The zero-order valence-electron chi connectivity index (χ0n) is 10.3. The van der Waals surface area contributed by atoms with E-state index < -0.39 is 0 Å². The van der Waals surface area contributed by atoms with Crippen molar-refractivity contribution in [1.82, 2.24) is 9.88 Å². The lowest BCUT2D eigenvalue weighted by molar-refractivity contribution is -0.115. The maximum atomic E-state index is 11.6. The summed E-state index contributed by atoms with van der Waals surface area (Å²) in [6.07, 6.45) is 3.74. The van der Waals surface area contributed by atoms with Gasteiger partial charge in [-0.1, -0.05) is 15.9 Å². The Kier molecular flexibility index (Phi) is 3.50. The summed E-state index contributed by atoms with van der Waals surface area (Å²) in [4.78, 5) is 12.2.